The van der Waals surface area contributed by atoms with Crippen LogP contribution < -0.4 is 0 Å². The second-order valence-electron chi connectivity index (χ2n) is 7.83. The Morgan fingerprint density at radius 2 is 1.58 bits per heavy atom. The van der Waals surface area contributed by atoms with E-state index in [-0.39, 0.29) is 11.4 Å². The van der Waals surface area contributed by atoms with Gasteiger partial charge in [-0.05, 0) is 29.7 Å². The maximum absolute atomic E-state index is 12.7. The van der Waals surface area contributed by atoms with Crippen molar-refractivity contribution in [2.75, 3.05) is 6.61 Å². The Kier molecular flexibility index (Phi) is 8.15. The molecule has 142 valence electrons. The molecule has 2 nitrogen and oxygen atoms in total. The van der Waals surface area contributed by atoms with Gasteiger partial charge in [0, 0.05) is 5.41 Å². The minimum absolute atomic E-state index is 0.0873. The first kappa shape index (κ1) is 20.5. The van der Waals surface area contributed by atoms with E-state index < -0.39 is 0 Å². The van der Waals surface area contributed by atoms with Crippen LogP contribution in [0.4, 0.5) is 0 Å². The number of carbonyl (C=O) groups excluding carboxylic acids is 1. The molecule has 0 saturated heterocycles. The normalized spacial score (nSPS) is 13.5. The van der Waals surface area contributed by atoms with Gasteiger partial charge < -0.3 is 4.74 Å². The fourth-order valence-corrected chi connectivity index (χ4v) is 3.57. The van der Waals surface area contributed by atoms with Gasteiger partial charge >= 0.3 is 5.97 Å². The van der Waals surface area contributed by atoms with Crippen LogP contribution in [0.25, 0.3) is 10.8 Å². The van der Waals surface area contributed by atoms with Crippen LogP contribution in [0.1, 0.15) is 82.5 Å². The molecule has 0 fully saturated rings. The summed E-state index contributed by atoms with van der Waals surface area (Å²) in [6.45, 7) is 7.26. The molecule has 0 aromatic heterocycles. The molecule has 0 bridgehead atoms. The largest absolute Gasteiger partial charge is 0.462 e. The van der Waals surface area contributed by atoms with E-state index >= 15 is 0 Å². The zero-order chi connectivity index (χ0) is 18.8. The maximum Gasteiger partial charge on any atom is 0.338 e. The number of carbonyl (C=O) groups is 1. The van der Waals surface area contributed by atoms with E-state index in [0.29, 0.717) is 12.2 Å². The molecule has 0 spiro atoms. The van der Waals surface area contributed by atoms with Crippen molar-refractivity contribution in [1.82, 2.24) is 0 Å². The third-order valence-corrected chi connectivity index (χ3v) is 5.33. The van der Waals surface area contributed by atoms with Gasteiger partial charge in [0.05, 0.1) is 12.2 Å². The number of hydrogen-bond donors (Lipinski definition) is 0. The Morgan fingerprint density at radius 1 is 0.885 bits per heavy atom. The van der Waals surface area contributed by atoms with Gasteiger partial charge in [-0.3, -0.25) is 0 Å². The van der Waals surface area contributed by atoms with Crippen LogP contribution in [0.15, 0.2) is 42.5 Å². The van der Waals surface area contributed by atoms with E-state index in [9.17, 15) is 4.79 Å². The Hall–Kier alpha value is -1.83. The first-order valence-corrected chi connectivity index (χ1v) is 10.2. The van der Waals surface area contributed by atoms with Crippen LogP contribution >= 0.6 is 0 Å². The number of esters is 1. The maximum atomic E-state index is 12.7. The predicted molar refractivity (Wildman–Crippen MR) is 111 cm³/mol. The number of rotatable bonds is 11. The lowest BCUT2D eigenvalue weighted by Crippen LogP contribution is -2.25. The topological polar surface area (TPSA) is 26.3 Å². The van der Waals surface area contributed by atoms with Crippen molar-refractivity contribution in [3.8, 4) is 0 Å². The molecule has 0 aliphatic carbocycles. The highest BCUT2D eigenvalue weighted by molar-refractivity contribution is 6.04. The molecule has 2 rings (SSSR count). The quantitative estimate of drug-likeness (QED) is 0.316. The molecular weight excluding hydrogens is 320 g/mol. The third kappa shape index (κ3) is 5.86. The minimum Gasteiger partial charge on any atom is -0.462 e. The zero-order valence-corrected chi connectivity index (χ0v) is 16.7. The highest BCUT2D eigenvalue weighted by atomic mass is 16.5. The summed E-state index contributed by atoms with van der Waals surface area (Å²) in [7, 11) is 0. The van der Waals surface area contributed by atoms with Gasteiger partial charge in [0.2, 0.25) is 0 Å². The van der Waals surface area contributed by atoms with Gasteiger partial charge in [0.25, 0.3) is 0 Å². The van der Waals surface area contributed by atoms with Crippen LogP contribution in [0.3, 0.4) is 0 Å². The van der Waals surface area contributed by atoms with E-state index in [1.807, 2.05) is 42.5 Å². The van der Waals surface area contributed by atoms with E-state index in [1.165, 1.54) is 38.5 Å². The molecule has 0 aliphatic rings. The van der Waals surface area contributed by atoms with Gasteiger partial charge in [-0.1, -0.05) is 95.7 Å². The Balaban J connectivity index is 2.02. The third-order valence-electron chi connectivity index (χ3n) is 5.33. The first-order valence-electron chi connectivity index (χ1n) is 10.2. The standard InChI is InChI=1S/C24H34O2/c1-4-6-8-11-18-24(3,17-7-5-2)19-26-23(25)22-16-12-14-20-13-9-10-15-21(20)22/h9-10,12-16H,4-8,11,17-19H2,1-3H3. The van der Waals surface area contributed by atoms with Crippen molar-refractivity contribution in [2.45, 2.75) is 72.1 Å². The van der Waals surface area contributed by atoms with Crippen LogP contribution in [0.5, 0.6) is 0 Å². The predicted octanol–water partition coefficient (Wildman–Crippen LogP) is 7.16. The number of ether oxygens (including phenoxy) is 1. The summed E-state index contributed by atoms with van der Waals surface area (Å²) in [4.78, 5) is 12.7. The number of fused-ring (bicyclic) bond motifs is 1. The van der Waals surface area contributed by atoms with Gasteiger partial charge in [-0.25, -0.2) is 4.79 Å². The van der Waals surface area contributed by atoms with Crippen molar-refractivity contribution < 1.29 is 9.53 Å². The Bertz CT molecular complexity index is 686. The fraction of sp³-hybridized carbons (Fsp3) is 0.542. The number of benzene rings is 2. The molecule has 0 amide bonds. The summed E-state index contributed by atoms with van der Waals surface area (Å²) in [6.07, 6.45) is 9.67. The molecule has 2 aromatic rings. The summed E-state index contributed by atoms with van der Waals surface area (Å²) in [5.74, 6) is -0.196. The van der Waals surface area contributed by atoms with Crippen LogP contribution in [0, 0.1) is 5.41 Å². The SMILES string of the molecule is CCCCCCC(C)(CCCC)COC(=O)c1cccc2ccccc12. The van der Waals surface area contributed by atoms with E-state index in [0.717, 1.165) is 23.6 Å². The number of hydrogen-bond acceptors (Lipinski definition) is 2. The van der Waals surface area contributed by atoms with Gasteiger partial charge in [0.15, 0.2) is 0 Å². The van der Waals surface area contributed by atoms with E-state index in [4.69, 9.17) is 4.74 Å². The molecule has 0 radical (unpaired) electrons. The second kappa shape index (κ2) is 10.4. The molecule has 2 heteroatoms. The molecule has 0 aliphatic heterocycles. The molecule has 0 heterocycles. The lowest BCUT2D eigenvalue weighted by Gasteiger charge is -2.29. The molecular formula is C24H34O2. The molecule has 0 saturated carbocycles. The average molecular weight is 355 g/mol. The van der Waals surface area contributed by atoms with Crippen molar-refractivity contribution >= 4 is 16.7 Å². The smallest absolute Gasteiger partial charge is 0.338 e. The van der Waals surface area contributed by atoms with Crippen molar-refractivity contribution in [1.29, 1.82) is 0 Å². The fourth-order valence-electron chi connectivity index (χ4n) is 3.57. The van der Waals surface area contributed by atoms with Crippen molar-refractivity contribution in [3.63, 3.8) is 0 Å². The summed E-state index contributed by atoms with van der Waals surface area (Å²) in [6, 6.07) is 13.8. The molecule has 2 aromatic carbocycles. The van der Waals surface area contributed by atoms with Crippen molar-refractivity contribution in [2.24, 2.45) is 5.41 Å². The highest BCUT2D eigenvalue weighted by Crippen LogP contribution is 2.32. The van der Waals surface area contributed by atoms with E-state index in [1.54, 1.807) is 0 Å². The molecule has 1 atom stereocenters. The zero-order valence-electron chi connectivity index (χ0n) is 16.7. The first-order chi connectivity index (χ1) is 12.6. The van der Waals surface area contributed by atoms with Crippen LogP contribution in [0.2, 0.25) is 0 Å². The summed E-state index contributed by atoms with van der Waals surface area (Å²) < 4.78 is 5.82. The lowest BCUT2D eigenvalue weighted by molar-refractivity contribution is 0.0268. The van der Waals surface area contributed by atoms with Gasteiger partial charge in [0.1, 0.15) is 0 Å². The summed E-state index contributed by atoms with van der Waals surface area (Å²) >= 11 is 0. The average Bonchev–Trinajstić information content (AvgIpc) is 2.67. The van der Waals surface area contributed by atoms with Crippen LogP contribution in [-0.2, 0) is 4.74 Å². The lowest BCUT2D eigenvalue weighted by atomic mass is 9.80. The minimum atomic E-state index is -0.196. The molecule has 26 heavy (non-hydrogen) atoms. The summed E-state index contributed by atoms with van der Waals surface area (Å²) in [5, 5.41) is 2.05. The Labute approximate surface area is 158 Å². The highest BCUT2D eigenvalue weighted by Gasteiger charge is 2.26. The second-order valence-corrected chi connectivity index (χ2v) is 7.83. The van der Waals surface area contributed by atoms with Crippen LogP contribution in [-0.4, -0.2) is 12.6 Å². The monoisotopic (exact) mass is 354 g/mol. The van der Waals surface area contributed by atoms with Gasteiger partial charge in [-0.2, -0.15) is 0 Å². The molecule has 1 unspecified atom stereocenters. The van der Waals surface area contributed by atoms with Gasteiger partial charge in [-0.15, -0.1) is 0 Å². The molecule has 0 N–H and O–H groups in total. The Morgan fingerprint density at radius 3 is 2.35 bits per heavy atom. The van der Waals surface area contributed by atoms with E-state index in [2.05, 4.69) is 20.8 Å². The summed E-state index contributed by atoms with van der Waals surface area (Å²) in [5.41, 5.74) is 0.760. The van der Waals surface area contributed by atoms with Crippen molar-refractivity contribution in [3.05, 3.63) is 48.0 Å². The number of unbranched alkanes of at least 4 members (excludes halogenated alkanes) is 4.